The van der Waals surface area contributed by atoms with Crippen LogP contribution in [0.15, 0.2) is 54.6 Å². The molecule has 0 spiro atoms. The molecule has 0 atom stereocenters. The van der Waals surface area contributed by atoms with Gasteiger partial charge in [-0.2, -0.15) is 0 Å². The van der Waals surface area contributed by atoms with E-state index in [-0.39, 0.29) is 11.7 Å². The minimum absolute atomic E-state index is 0.0308. The van der Waals surface area contributed by atoms with Gasteiger partial charge in [0.2, 0.25) is 11.7 Å². The summed E-state index contributed by atoms with van der Waals surface area (Å²) in [5.41, 5.74) is 2.96. The maximum absolute atomic E-state index is 12.5. The molecule has 3 aromatic rings. The average molecular weight is 492 g/mol. The van der Waals surface area contributed by atoms with Crippen molar-refractivity contribution in [3.63, 3.8) is 0 Å². The van der Waals surface area contributed by atoms with Gasteiger partial charge in [-0.25, -0.2) is 0 Å². The van der Waals surface area contributed by atoms with Gasteiger partial charge in [-0.15, -0.1) is 0 Å². The Kier molecular flexibility index (Phi) is 8.83. The number of hydrogen-bond donors (Lipinski definition) is 2. The number of benzene rings is 3. The normalized spacial score (nSPS) is 10.9. The Morgan fingerprint density at radius 3 is 1.81 bits per heavy atom. The summed E-state index contributed by atoms with van der Waals surface area (Å²) in [6.45, 7) is 0. The van der Waals surface area contributed by atoms with E-state index in [0.29, 0.717) is 40.0 Å². The van der Waals surface area contributed by atoms with Crippen molar-refractivity contribution in [2.75, 3.05) is 40.9 Å². The van der Waals surface area contributed by atoms with Crippen molar-refractivity contribution in [1.29, 1.82) is 0 Å². The number of phenolic OH excluding ortho intramolecular Hbond substituents is 1. The second-order valence-corrected chi connectivity index (χ2v) is 7.51. The van der Waals surface area contributed by atoms with Gasteiger partial charge in [-0.3, -0.25) is 4.79 Å². The average Bonchev–Trinajstić information content (AvgIpc) is 2.91. The van der Waals surface area contributed by atoms with E-state index >= 15 is 0 Å². The SMILES string of the molecule is COc1cc(/C=C/C(=O)Nc2ccc(/C=C/c3cc(OC)c(OC)c(OC)c3)cc2OC)ccc1O. The number of amides is 1. The third kappa shape index (κ3) is 6.29. The van der Waals surface area contributed by atoms with Crippen molar-refractivity contribution in [3.8, 4) is 34.5 Å². The molecule has 36 heavy (non-hydrogen) atoms. The van der Waals surface area contributed by atoms with Gasteiger partial charge in [0.15, 0.2) is 23.0 Å². The first kappa shape index (κ1) is 26.0. The molecule has 0 fully saturated rings. The van der Waals surface area contributed by atoms with E-state index in [1.165, 1.54) is 26.4 Å². The summed E-state index contributed by atoms with van der Waals surface area (Å²) in [6.07, 6.45) is 6.83. The second kappa shape index (κ2) is 12.2. The van der Waals surface area contributed by atoms with Gasteiger partial charge >= 0.3 is 0 Å². The molecule has 3 aromatic carbocycles. The van der Waals surface area contributed by atoms with Crippen LogP contribution in [0.5, 0.6) is 34.5 Å². The standard InChI is InChI=1S/C28H29NO7/c1-32-23-14-18(6-7-20-16-25(34-3)28(36-5)26(17-20)35-4)8-11-21(23)29-27(31)13-10-19-9-12-22(30)24(15-19)33-2/h6-17,30H,1-5H3,(H,29,31)/b7-6+,13-10+. The van der Waals surface area contributed by atoms with Crippen LogP contribution in [0, 0.1) is 0 Å². The van der Waals surface area contributed by atoms with Crippen LogP contribution in [0.1, 0.15) is 16.7 Å². The molecule has 0 saturated heterocycles. The summed E-state index contributed by atoms with van der Waals surface area (Å²) >= 11 is 0. The molecule has 0 aromatic heterocycles. The molecule has 2 N–H and O–H groups in total. The van der Waals surface area contributed by atoms with E-state index in [2.05, 4.69) is 5.32 Å². The van der Waals surface area contributed by atoms with Crippen molar-refractivity contribution in [2.24, 2.45) is 0 Å². The third-order valence-corrected chi connectivity index (χ3v) is 5.27. The van der Waals surface area contributed by atoms with E-state index < -0.39 is 0 Å². The van der Waals surface area contributed by atoms with E-state index in [1.54, 1.807) is 45.6 Å². The van der Waals surface area contributed by atoms with Crippen LogP contribution in [0.3, 0.4) is 0 Å². The largest absolute Gasteiger partial charge is 0.504 e. The molecule has 0 heterocycles. The molecular formula is C28H29NO7. The summed E-state index contributed by atoms with van der Waals surface area (Å²) < 4.78 is 26.7. The Balaban J connectivity index is 1.75. The van der Waals surface area contributed by atoms with Crippen LogP contribution in [0.2, 0.25) is 0 Å². The smallest absolute Gasteiger partial charge is 0.248 e. The molecule has 0 aliphatic heterocycles. The predicted octanol–water partition coefficient (Wildman–Crippen LogP) is 5.26. The van der Waals surface area contributed by atoms with E-state index in [9.17, 15) is 9.90 Å². The maximum atomic E-state index is 12.5. The van der Waals surface area contributed by atoms with Gasteiger partial charge in [0.05, 0.1) is 41.2 Å². The summed E-state index contributed by atoms with van der Waals surface area (Å²) in [5, 5.41) is 12.5. The summed E-state index contributed by atoms with van der Waals surface area (Å²) in [4.78, 5) is 12.5. The van der Waals surface area contributed by atoms with Crippen molar-refractivity contribution in [2.45, 2.75) is 0 Å². The fraction of sp³-hybridized carbons (Fsp3) is 0.179. The Labute approximate surface area is 210 Å². The highest BCUT2D eigenvalue weighted by atomic mass is 16.5. The number of carbonyl (C=O) groups excluding carboxylic acids is 1. The Bertz CT molecular complexity index is 1260. The molecule has 0 radical (unpaired) electrons. The molecule has 8 nitrogen and oxygen atoms in total. The van der Waals surface area contributed by atoms with Crippen LogP contribution in [0.25, 0.3) is 18.2 Å². The van der Waals surface area contributed by atoms with Crippen molar-refractivity contribution >= 4 is 29.8 Å². The molecule has 8 heteroatoms. The minimum atomic E-state index is -0.332. The number of anilines is 1. The number of rotatable bonds is 10. The Morgan fingerprint density at radius 1 is 0.667 bits per heavy atom. The van der Waals surface area contributed by atoms with Crippen LogP contribution in [-0.4, -0.2) is 46.6 Å². The first-order valence-electron chi connectivity index (χ1n) is 10.9. The van der Waals surface area contributed by atoms with E-state index in [1.807, 2.05) is 36.4 Å². The molecule has 188 valence electrons. The first-order chi connectivity index (χ1) is 17.4. The van der Waals surface area contributed by atoms with Gasteiger partial charge in [0, 0.05) is 6.08 Å². The number of methoxy groups -OCH3 is 5. The molecule has 0 unspecified atom stereocenters. The first-order valence-corrected chi connectivity index (χ1v) is 10.9. The quantitative estimate of drug-likeness (QED) is 0.295. The lowest BCUT2D eigenvalue weighted by Crippen LogP contribution is -2.09. The van der Waals surface area contributed by atoms with Crippen LogP contribution >= 0.6 is 0 Å². The van der Waals surface area contributed by atoms with Crippen LogP contribution in [0.4, 0.5) is 5.69 Å². The Hall–Kier alpha value is -4.59. The highest BCUT2D eigenvalue weighted by molar-refractivity contribution is 6.03. The van der Waals surface area contributed by atoms with Gasteiger partial charge in [0.1, 0.15) is 5.75 Å². The molecule has 3 rings (SSSR count). The molecule has 0 bridgehead atoms. The number of hydrogen-bond acceptors (Lipinski definition) is 7. The maximum Gasteiger partial charge on any atom is 0.248 e. The zero-order chi connectivity index (χ0) is 26.1. The third-order valence-electron chi connectivity index (χ3n) is 5.27. The summed E-state index contributed by atoms with van der Waals surface area (Å²) in [6, 6.07) is 14.0. The number of nitrogens with one attached hydrogen (secondary N) is 1. The van der Waals surface area contributed by atoms with Gasteiger partial charge in [-0.05, 0) is 59.2 Å². The number of ether oxygens (including phenoxy) is 5. The lowest BCUT2D eigenvalue weighted by molar-refractivity contribution is -0.111. The number of carbonyl (C=O) groups is 1. The highest BCUT2D eigenvalue weighted by Crippen LogP contribution is 2.38. The second-order valence-electron chi connectivity index (χ2n) is 7.51. The van der Waals surface area contributed by atoms with Crippen LogP contribution in [-0.2, 0) is 4.79 Å². The fourth-order valence-corrected chi connectivity index (χ4v) is 3.45. The van der Waals surface area contributed by atoms with Gasteiger partial charge < -0.3 is 34.1 Å². The van der Waals surface area contributed by atoms with E-state index in [4.69, 9.17) is 23.7 Å². The van der Waals surface area contributed by atoms with Crippen molar-refractivity contribution in [3.05, 3.63) is 71.3 Å². The lowest BCUT2D eigenvalue weighted by Gasteiger charge is -2.13. The summed E-state index contributed by atoms with van der Waals surface area (Å²) in [7, 11) is 7.70. The predicted molar refractivity (Wildman–Crippen MR) is 140 cm³/mol. The zero-order valence-corrected chi connectivity index (χ0v) is 20.8. The monoisotopic (exact) mass is 491 g/mol. The van der Waals surface area contributed by atoms with Gasteiger partial charge in [-0.1, -0.05) is 24.3 Å². The minimum Gasteiger partial charge on any atom is -0.504 e. The summed E-state index contributed by atoms with van der Waals surface area (Å²) in [5.74, 6) is 2.18. The van der Waals surface area contributed by atoms with Crippen molar-refractivity contribution in [1.82, 2.24) is 0 Å². The molecule has 0 aliphatic rings. The highest BCUT2D eigenvalue weighted by Gasteiger charge is 2.12. The Morgan fingerprint density at radius 2 is 1.19 bits per heavy atom. The molecule has 0 aliphatic carbocycles. The van der Waals surface area contributed by atoms with Crippen molar-refractivity contribution < 1.29 is 33.6 Å². The lowest BCUT2D eigenvalue weighted by atomic mass is 10.1. The van der Waals surface area contributed by atoms with Crippen LogP contribution < -0.4 is 29.0 Å². The number of phenols is 1. The molecule has 1 amide bonds. The molecular weight excluding hydrogens is 462 g/mol. The topological polar surface area (TPSA) is 95.5 Å². The van der Waals surface area contributed by atoms with E-state index in [0.717, 1.165) is 11.1 Å². The molecule has 0 saturated carbocycles. The fourth-order valence-electron chi connectivity index (χ4n) is 3.45. The number of aromatic hydroxyl groups is 1. The van der Waals surface area contributed by atoms with Gasteiger partial charge in [0.25, 0.3) is 0 Å². The zero-order valence-electron chi connectivity index (χ0n) is 20.8.